The highest BCUT2D eigenvalue weighted by atomic mass is 32.2. The van der Waals surface area contributed by atoms with E-state index in [4.69, 9.17) is 4.74 Å². The third-order valence-electron chi connectivity index (χ3n) is 4.00. The van der Waals surface area contributed by atoms with Crippen molar-refractivity contribution in [2.75, 3.05) is 31.6 Å². The van der Waals surface area contributed by atoms with Gasteiger partial charge in [-0.2, -0.15) is 4.31 Å². The Morgan fingerprint density at radius 2 is 1.85 bits per heavy atom. The Labute approximate surface area is 149 Å². The van der Waals surface area contributed by atoms with Crippen LogP contribution in [0.1, 0.15) is 10.5 Å². The Balaban J connectivity index is 1.83. The van der Waals surface area contributed by atoms with E-state index in [2.05, 4.69) is 5.32 Å². The number of aromatic nitrogens is 1. The van der Waals surface area contributed by atoms with E-state index < -0.39 is 27.6 Å². The summed E-state index contributed by atoms with van der Waals surface area (Å²) in [6.07, 6.45) is 1.34. The number of carbonyl (C=O) groups is 1. The van der Waals surface area contributed by atoms with Crippen LogP contribution in [0.4, 0.5) is 14.5 Å². The van der Waals surface area contributed by atoms with Crippen molar-refractivity contribution >= 4 is 21.6 Å². The molecule has 3 rings (SSSR count). The first-order valence-electron chi connectivity index (χ1n) is 7.80. The lowest BCUT2D eigenvalue weighted by Crippen LogP contribution is -2.40. The second kappa shape index (κ2) is 7.14. The molecule has 26 heavy (non-hydrogen) atoms. The molecule has 10 heteroatoms. The monoisotopic (exact) mass is 385 g/mol. The number of nitrogens with one attached hydrogen (secondary N) is 1. The van der Waals surface area contributed by atoms with Gasteiger partial charge in [0, 0.05) is 38.1 Å². The lowest BCUT2D eigenvalue weighted by Gasteiger charge is -2.25. The fourth-order valence-electron chi connectivity index (χ4n) is 2.61. The van der Waals surface area contributed by atoms with Crippen molar-refractivity contribution in [1.29, 1.82) is 0 Å². The summed E-state index contributed by atoms with van der Waals surface area (Å²) in [6, 6.07) is 4.20. The van der Waals surface area contributed by atoms with E-state index in [1.807, 2.05) is 0 Å². The van der Waals surface area contributed by atoms with E-state index in [1.165, 1.54) is 34.2 Å². The van der Waals surface area contributed by atoms with Crippen molar-refractivity contribution in [3.63, 3.8) is 0 Å². The Kier molecular flexibility index (Phi) is 5.08. The zero-order chi connectivity index (χ0) is 18.9. The highest BCUT2D eigenvalue weighted by molar-refractivity contribution is 7.89. The molecule has 7 nitrogen and oxygen atoms in total. The minimum Gasteiger partial charge on any atom is -0.379 e. The molecular weight excluding hydrogens is 368 g/mol. The van der Waals surface area contributed by atoms with Crippen molar-refractivity contribution in [2.45, 2.75) is 4.90 Å². The summed E-state index contributed by atoms with van der Waals surface area (Å²) >= 11 is 0. The van der Waals surface area contributed by atoms with Crippen molar-refractivity contribution < 1.29 is 26.7 Å². The van der Waals surface area contributed by atoms with Crippen LogP contribution in [0.5, 0.6) is 0 Å². The van der Waals surface area contributed by atoms with Crippen LogP contribution in [0.2, 0.25) is 0 Å². The average molecular weight is 385 g/mol. The van der Waals surface area contributed by atoms with Crippen LogP contribution in [-0.4, -0.2) is 49.5 Å². The molecule has 2 aromatic rings. The average Bonchev–Trinajstić information content (AvgIpc) is 3.02. The largest absolute Gasteiger partial charge is 0.379 e. The molecule has 0 aliphatic carbocycles. The van der Waals surface area contributed by atoms with E-state index in [0.717, 1.165) is 12.1 Å². The fraction of sp³-hybridized carbons (Fsp3) is 0.312. The van der Waals surface area contributed by atoms with Crippen molar-refractivity contribution in [2.24, 2.45) is 7.05 Å². The number of aryl methyl sites for hydroxylation is 1. The number of anilines is 1. The first-order valence-corrected chi connectivity index (χ1v) is 9.24. The van der Waals surface area contributed by atoms with Crippen molar-refractivity contribution in [3.8, 4) is 0 Å². The van der Waals surface area contributed by atoms with Gasteiger partial charge in [-0.25, -0.2) is 17.2 Å². The van der Waals surface area contributed by atoms with Crippen LogP contribution < -0.4 is 5.32 Å². The fourth-order valence-corrected chi connectivity index (χ4v) is 4.09. The molecule has 1 N–H and O–H groups in total. The zero-order valence-corrected chi connectivity index (χ0v) is 14.7. The summed E-state index contributed by atoms with van der Waals surface area (Å²) in [7, 11) is -2.21. The second-order valence-corrected chi connectivity index (χ2v) is 7.71. The molecule has 1 aliphatic heterocycles. The van der Waals surface area contributed by atoms with Gasteiger partial charge in [-0.15, -0.1) is 0 Å². The Hall–Kier alpha value is -2.30. The molecule has 0 atom stereocenters. The third kappa shape index (κ3) is 3.62. The maximum Gasteiger partial charge on any atom is 0.272 e. The molecule has 2 heterocycles. The normalized spacial score (nSPS) is 15.8. The third-order valence-corrected chi connectivity index (χ3v) is 5.86. The van der Waals surface area contributed by atoms with Gasteiger partial charge in [-0.3, -0.25) is 4.79 Å². The number of halogens is 2. The van der Waals surface area contributed by atoms with Gasteiger partial charge < -0.3 is 14.6 Å². The minimum atomic E-state index is -3.74. The van der Waals surface area contributed by atoms with E-state index >= 15 is 0 Å². The van der Waals surface area contributed by atoms with Crippen LogP contribution in [0.3, 0.4) is 0 Å². The number of carbonyl (C=O) groups excluding carboxylic acids is 1. The Bertz CT molecular complexity index is 937. The predicted octanol–water partition coefficient (Wildman–Crippen LogP) is 1.58. The molecule has 0 radical (unpaired) electrons. The number of morpholine rings is 1. The smallest absolute Gasteiger partial charge is 0.272 e. The highest BCUT2D eigenvalue weighted by Gasteiger charge is 2.28. The van der Waals surface area contributed by atoms with Crippen molar-refractivity contribution in [3.05, 3.63) is 47.8 Å². The summed E-state index contributed by atoms with van der Waals surface area (Å²) in [5.41, 5.74) is 0.134. The number of sulfonamides is 1. The number of rotatable bonds is 4. The van der Waals surface area contributed by atoms with Gasteiger partial charge in [0.1, 0.15) is 10.6 Å². The summed E-state index contributed by atoms with van der Waals surface area (Å²) in [5, 5.41) is 2.42. The summed E-state index contributed by atoms with van der Waals surface area (Å²) in [4.78, 5) is 12.4. The van der Waals surface area contributed by atoms with Crippen LogP contribution in [0, 0.1) is 11.6 Å². The molecule has 1 saturated heterocycles. The predicted molar refractivity (Wildman–Crippen MR) is 89.3 cm³/mol. The number of ether oxygens (including phenoxy) is 1. The topological polar surface area (TPSA) is 80.6 Å². The van der Waals surface area contributed by atoms with Crippen LogP contribution >= 0.6 is 0 Å². The highest BCUT2D eigenvalue weighted by Crippen LogP contribution is 2.21. The molecule has 0 spiro atoms. The SMILES string of the molecule is Cn1cc(S(=O)(=O)N2CCOCC2)cc1C(=O)Nc1ccc(F)c(F)c1. The van der Waals surface area contributed by atoms with Crippen LogP contribution in [-0.2, 0) is 21.8 Å². The van der Waals surface area contributed by atoms with Gasteiger partial charge in [0.25, 0.3) is 5.91 Å². The number of benzene rings is 1. The molecule has 0 unspecified atom stereocenters. The Morgan fingerprint density at radius 1 is 1.15 bits per heavy atom. The van der Waals surface area contributed by atoms with Gasteiger partial charge in [0.2, 0.25) is 10.0 Å². The zero-order valence-electron chi connectivity index (χ0n) is 13.9. The first kappa shape index (κ1) is 18.5. The molecular formula is C16H17F2N3O4S. The van der Waals surface area contributed by atoms with E-state index in [9.17, 15) is 22.0 Å². The number of amides is 1. The van der Waals surface area contributed by atoms with Gasteiger partial charge in [-0.05, 0) is 18.2 Å². The maximum atomic E-state index is 13.3. The first-order chi connectivity index (χ1) is 12.3. The van der Waals surface area contributed by atoms with Gasteiger partial charge in [0.05, 0.1) is 13.2 Å². The number of hydrogen-bond acceptors (Lipinski definition) is 4. The summed E-state index contributed by atoms with van der Waals surface area (Å²) in [5.74, 6) is -2.76. The molecule has 140 valence electrons. The number of hydrogen-bond donors (Lipinski definition) is 1. The van der Waals surface area contributed by atoms with Crippen LogP contribution in [0.15, 0.2) is 35.4 Å². The maximum absolute atomic E-state index is 13.3. The molecule has 1 amide bonds. The summed E-state index contributed by atoms with van der Waals surface area (Å²) in [6.45, 7) is 1.12. The lowest BCUT2D eigenvalue weighted by atomic mass is 10.3. The minimum absolute atomic E-state index is 0.0164. The van der Waals surface area contributed by atoms with Crippen molar-refractivity contribution in [1.82, 2.24) is 8.87 Å². The van der Waals surface area contributed by atoms with Gasteiger partial charge in [-0.1, -0.05) is 0 Å². The van der Waals surface area contributed by atoms with Gasteiger partial charge >= 0.3 is 0 Å². The molecule has 1 aromatic heterocycles. The molecule has 1 aromatic carbocycles. The molecule has 1 aliphatic rings. The van der Waals surface area contributed by atoms with E-state index in [-0.39, 0.29) is 29.4 Å². The molecule has 0 bridgehead atoms. The molecule has 1 fully saturated rings. The molecule has 0 saturated carbocycles. The standard InChI is InChI=1S/C16H17F2N3O4S/c1-20-10-12(26(23,24)21-4-6-25-7-5-21)9-15(20)16(22)19-11-2-3-13(17)14(18)8-11/h2-3,8-10H,4-7H2,1H3,(H,19,22). The van der Waals surface area contributed by atoms with E-state index in [0.29, 0.717) is 13.2 Å². The second-order valence-electron chi connectivity index (χ2n) is 5.77. The Morgan fingerprint density at radius 3 is 2.50 bits per heavy atom. The lowest BCUT2D eigenvalue weighted by molar-refractivity contribution is 0.0730. The summed E-state index contributed by atoms with van der Waals surface area (Å²) < 4.78 is 59.3. The number of nitrogens with zero attached hydrogens (tertiary/aromatic N) is 2. The quantitative estimate of drug-likeness (QED) is 0.867. The van der Waals surface area contributed by atoms with E-state index in [1.54, 1.807) is 0 Å². The van der Waals surface area contributed by atoms with Gasteiger partial charge in [0.15, 0.2) is 11.6 Å². The van der Waals surface area contributed by atoms with Crippen LogP contribution in [0.25, 0.3) is 0 Å².